The molecule has 0 radical (unpaired) electrons. The highest BCUT2D eigenvalue weighted by atomic mass is 16.5. The summed E-state index contributed by atoms with van der Waals surface area (Å²) in [5.41, 5.74) is 8.02. The number of nitrogens with one attached hydrogen (secondary N) is 1. The highest BCUT2D eigenvalue weighted by molar-refractivity contribution is 6.13. The van der Waals surface area contributed by atoms with Crippen LogP contribution in [-0.2, 0) is 0 Å². The fourth-order valence-electron chi connectivity index (χ4n) is 3.35. The Kier molecular flexibility index (Phi) is 5.37. The van der Waals surface area contributed by atoms with Gasteiger partial charge in [0.2, 0.25) is 0 Å². The second-order valence-electron chi connectivity index (χ2n) is 6.51. The first-order valence-corrected chi connectivity index (χ1v) is 8.87. The molecule has 0 saturated carbocycles. The largest absolute Gasteiger partial charge is 0.497 e. The number of piperazine rings is 1. The first-order valence-electron chi connectivity index (χ1n) is 8.87. The van der Waals surface area contributed by atoms with Crippen LogP contribution in [0, 0.1) is 5.41 Å². The number of methoxy groups -OCH3 is 1. The second kappa shape index (κ2) is 7.70. The lowest BCUT2D eigenvalue weighted by molar-refractivity contribution is 0.199. The van der Waals surface area contributed by atoms with Gasteiger partial charge in [-0.1, -0.05) is 6.92 Å². The van der Waals surface area contributed by atoms with Gasteiger partial charge >= 0.3 is 0 Å². The molecule has 7 nitrogen and oxygen atoms in total. The fraction of sp³-hybridized carbons (Fsp3) is 0.421. The number of rotatable bonds is 5. The SMILES string of the molecule is CCN1CCN(c2cc(C(=N)c3cc(OC)ccc3N)ncn2)C[C@@H]1C.[HH]. The molecule has 1 atom stereocenters. The maximum atomic E-state index is 8.54. The van der Waals surface area contributed by atoms with Crippen LogP contribution in [0.15, 0.2) is 30.6 Å². The Morgan fingerprint density at radius 1 is 1.35 bits per heavy atom. The molecule has 7 heteroatoms. The van der Waals surface area contributed by atoms with Gasteiger partial charge < -0.3 is 15.4 Å². The molecule has 1 aliphatic heterocycles. The van der Waals surface area contributed by atoms with E-state index in [9.17, 15) is 0 Å². The number of likely N-dealkylation sites (N-methyl/N-ethyl adjacent to an activating group) is 1. The van der Waals surface area contributed by atoms with Crippen molar-refractivity contribution in [2.45, 2.75) is 19.9 Å². The number of nitrogens with two attached hydrogens (primary N) is 1. The van der Waals surface area contributed by atoms with Gasteiger partial charge in [-0.15, -0.1) is 0 Å². The van der Waals surface area contributed by atoms with E-state index in [0.29, 0.717) is 28.7 Å². The van der Waals surface area contributed by atoms with Crippen LogP contribution in [0.5, 0.6) is 5.75 Å². The fourth-order valence-corrected chi connectivity index (χ4v) is 3.35. The third-order valence-corrected chi connectivity index (χ3v) is 4.93. The maximum Gasteiger partial charge on any atom is 0.132 e. The average Bonchev–Trinajstić information content (AvgIpc) is 2.68. The van der Waals surface area contributed by atoms with E-state index in [1.54, 1.807) is 25.3 Å². The number of nitrogen functional groups attached to an aromatic ring is 1. The molecule has 1 aromatic carbocycles. The van der Waals surface area contributed by atoms with E-state index in [2.05, 4.69) is 33.6 Å². The van der Waals surface area contributed by atoms with Crippen molar-refractivity contribution >= 4 is 17.2 Å². The topological polar surface area (TPSA) is 91.4 Å². The lowest BCUT2D eigenvalue weighted by Crippen LogP contribution is -2.52. The molecule has 0 unspecified atom stereocenters. The second-order valence-corrected chi connectivity index (χ2v) is 6.51. The van der Waals surface area contributed by atoms with Crippen LogP contribution in [-0.4, -0.2) is 59.9 Å². The zero-order valence-electron chi connectivity index (χ0n) is 15.6. The predicted octanol–water partition coefficient (Wildman–Crippen LogP) is 2.26. The van der Waals surface area contributed by atoms with Crippen molar-refractivity contribution in [3.05, 3.63) is 41.9 Å². The molecular weight excluding hydrogens is 328 g/mol. The molecule has 26 heavy (non-hydrogen) atoms. The van der Waals surface area contributed by atoms with Gasteiger partial charge in [-0.05, 0) is 31.7 Å². The molecule has 1 fully saturated rings. The zero-order chi connectivity index (χ0) is 18.7. The minimum atomic E-state index is 0. The first-order chi connectivity index (χ1) is 12.5. The molecule has 140 valence electrons. The number of nitrogens with zero attached hydrogens (tertiary/aromatic N) is 4. The summed E-state index contributed by atoms with van der Waals surface area (Å²) in [7, 11) is 1.60. The monoisotopic (exact) mass is 356 g/mol. The van der Waals surface area contributed by atoms with E-state index < -0.39 is 0 Å². The Morgan fingerprint density at radius 3 is 2.85 bits per heavy atom. The molecule has 3 N–H and O–H groups in total. The van der Waals surface area contributed by atoms with Gasteiger partial charge in [-0.2, -0.15) is 0 Å². The summed E-state index contributed by atoms with van der Waals surface area (Å²) in [6.07, 6.45) is 1.52. The van der Waals surface area contributed by atoms with E-state index in [-0.39, 0.29) is 7.14 Å². The number of ether oxygens (including phenoxy) is 1. The Morgan fingerprint density at radius 2 is 2.15 bits per heavy atom. The van der Waals surface area contributed by atoms with Crippen molar-refractivity contribution in [3.8, 4) is 5.75 Å². The van der Waals surface area contributed by atoms with Gasteiger partial charge in [0.05, 0.1) is 18.5 Å². The summed E-state index contributed by atoms with van der Waals surface area (Å²) in [4.78, 5) is 13.4. The van der Waals surface area contributed by atoms with Crippen LogP contribution in [0.3, 0.4) is 0 Å². The number of hydrogen-bond donors (Lipinski definition) is 2. The third-order valence-electron chi connectivity index (χ3n) is 4.93. The normalized spacial score (nSPS) is 18.0. The molecule has 3 rings (SSSR count). The summed E-state index contributed by atoms with van der Waals surface area (Å²) in [6.45, 7) is 8.33. The summed E-state index contributed by atoms with van der Waals surface area (Å²) in [5, 5.41) is 8.54. The Hall–Kier alpha value is -2.67. The predicted molar refractivity (Wildman–Crippen MR) is 106 cm³/mol. The van der Waals surface area contributed by atoms with E-state index in [1.165, 1.54) is 6.33 Å². The van der Waals surface area contributed by atoms with Gasteiger partial charge in [0.1, 0.15) is 17.9 Å². The molecule has 2 heterocycles. The quantitative estimate of drug-likeness (QED) is 0.631. The van der Waals surface area contributed by atoms with Crippen molar-refractivity contribution in [1.29, 1.82) is 5.41 Å². The molecule has 0 bridgehead atoms. The van der Waals surface area contributed by atoms with Gasteiger partial charge in [0.15, 0.2) is 0 Å². The highest BCUT2D eigenvalue weighted by Crippen LogP contribution is 2.23. The summed E-state index contributed by atoms with van der Waals surface area (Å²) in [5.74, 6) is 1.52. The Balaban J connectivity index is 0.00000261. The van der Waals surface area contributed by atoms with Crippen LogP contribution in [0.1, 0.15) is 26.5 Å². The van der Waals surface area contributed by atoms with Crippen molar-refractivity contribution < 1.29 is 6.16 Å². The summed E-state index contributed by atoms with van der Waals surface area (Å²) in [6, 6.07) is 7.64. The molecule has 1 aromatic heterocycles. The van der Waals surface area contributed by atoms with Crippen LogP contribution < -0.4 is 15.4 Å². The van der Waals surface area contributed by atoms with Gasteiger partial charge in [0, 0.05) is 44.4 Å². The Bertz CT molecular complexity index is 800. The van der Waals surface area contributed by atoms with E-state index >= 15 is 0 Å². The number of anilines is 2. The van der Waals surface area contributed by atoms with Crippen molar-refractivity contribution in [2.75, 3.05) is 43.9 Å². The summed E-state index contributed by atoms with van der Waals surface area (Å²) >= 11 is 0. The Labute approximate surface area is 155 Å². The molecular formula is C19H28N6O. The van der Waals surface area contributed by atoms with Gasteiger partial charge in [-0.25, -0.2) is 9.97 Å². The van der Waals surface area contributed by atoms with Gasteiger partial charge in [0.25, 0.3) is 0 Å². The standard InChI is InChI=1S/C19H26N6O.H2/c1-4-24-7-8-25(11-13(24)2)18-10-17(22-12-23-18)19(21)15-9-14(26-3)5-6-16(15)20;/h5-6,9-10,12-13,21H,4,7-8,11,20H2,1-3H3;1H/t13-;/m0./s1. The summed E-state index contributed by atoms with van der Waals surface area (Å²) < 4.78 is 5.25. The lowest BCUT2D eigenvalue weighted by atomic mass is 10.0. The number of hydrogen-bond acceptors (Lipinski definition) is 7. The van der Waals surface area contributed by atoms with Crippen LogP contribution >= 0.6 is 0 Å². The number of benzene rings is 1. The smallest absolute Gasteiger partial charge is 0.132 e. The molecule has 1 saturated heterocycles. The van der Waals surface area contributed by atoms with Crippen molar-refractivity contribution in [2.24, 2.45) is 0 Å². The average molecular weight is 356 g/mol. The van der Waals surface area contributed by atoms with Crippen molar-refractivity contribution in [1.82, 2.24) is 14.9 Å². The highest BCUT2D eigenvalue weighted by Gasteiger charge is 2.24. The molecule has 2 aromatic rings. The lowest BCUT2D eigenvalue weighted by Gasteiger charge is -2.39. The molecule has 1 aliphatic rings. The van der Waals surface area contributed by atoms with Gasteiger partial charge in [-0.3, -0.25) is 10.3 Å². The van der Waals surface area contributed by atoms with Crippen molar-refractivity contribution in [3.63, 3.8) is 0 Å². The molecule has 0 spiro atoms. The maximum absolute atomic E-state index is 8.54. The minimum Gasteiger partial charge on any atom is -0.497 e. The van der Waals surface area contributed by atoms with Crippen LogP contribution in [0.25, 0.3) is 0 Å². The zero-order valence-corrected chi connectivity index (χ0v) is 15.6. The van der Waals surface area contributed by atoms with Crippen LogP contribution in [0.2, 0.25) is 0 Å². The molecule has 0 amide bonds. The van der Waals surface area contributed by atoms with Crippen LogP contribution in [0.4, 0.5) is 11.5 Å². The number of aromatic nitrogens is 2. The first kappa shape index (κ1) is 18.1. The van der Waals surface area contributed by atoms with E-state index in [4.69, 9.17) is 15.9 Å². The third kappa shape index (κ3) is 3.62. The van der Waals surface area contributed by atoms with E-state index in [1.807, 2.05) is 6.07 Å². The van der Waals surface area contributed by atoms with E-state index in [0.717, 1.165) is 32.0 Å². The minimum absolute atomic E-state index is 0. The molecule has 0 aliphatic carbocycles.